The molecule has 1 aromatic rings. The summed E-state index contributed by atoms with van der Waals surface area (Å²) in [5.41, 5.74) is 0. The van der Waals surface area contributed by atoms with Gasteiger partial charge in [-0.25, -0.2) is 0 Å². The monoisotopic (exact) mass is 289 g/mol. The lowest BCUT2D eigenvalue weighted by Gasteiger charge is -2.35. The molecule has 0 aromatic carbocycles. The van der Waals surface area contributed by atoms with Gasteiger partial charge in [0.05, 0.1) is 6.54 Å². The number of alkyl halides is 3. The van der Waals surface area contributed by atoms with E-state index in [1.165, 1.54) is 4.57 Å². The van der Waals surface area contributed by atoms with Crippen molar-refractivity contribution >= 4 is 0 Å². The summed E-state index contributed by atoms with van der Waals surface area (Å²) in [5.74, 6) is 0.112. The Kier molecular flexibility index (Phi) is 3.45. The standard InChI is InChI=1S/C12H18F3N5/c1-2-8-5-16-6-9(8)19-3-4-20-10(7-19)17-18-11(20)12(13,14)15/h8-9,16H,2-7H2,1H3. The van der Waals surface area contributed by atoms with E-state index in [0.717, 1.165) is 19.5 Å². The first-order valence-corrected chi connectivity index (χ1v) is 6.94. The van der Waals surface area contributed by atoms with Crippen molar-refractivity contribution < 1.29 is 13.2 Å². The highest BCUT2D eigenvalue weighted by Gasteiger charge is 2.41. The van der Waals surface area contributed by atoms with Crippen LogP contribution in [0.3, 0.4) is 0 Å². The summed E-state index contributed by atoms with van der Waals surface area (Å²) in [7, 11) is 0. The molecule has 20 heavy (non-hydrogen) atoms. The zero-order valence-electron chi connectivity index (χ0n) is 11.3. The number of rotatable bonds is 2. The van der Waals surface area contributed by atoms with Crippen LogP contribution in [0.15, 0.2) is 0 Å². The lowest BCUT2D eigenvalue weighted by atomic mass is 9.99. The van der Waals surface area contributed by atoms with Crippen LogP contribution in [0.2, 0.25) is 0 Å². The Labute approximate surface area is 115 Å². The highest BCUT2D eigenvalue weighted by atomic mass is 19.4. The summed E-state index contributed by atoms with van der Waals surface area (Å²) >= 11 is 0. The number of halogens is 3. The molecule has 0 spiro atoms. The van der Waals surface area contributed by atoms with Crippen molar-refractivity contribution in [2.75, 3.05) is 19.6 Å². The SMILES string of the molecule is CCC1CNCC1N1CCn2c(nnc2C(F)(F)F)C1. The molecule has 5 nitrogen and oxygen atoms in total. The van der Waals surface area contributed by atoms with Gasteiger partial charge in [-0.2, -0.15) is 13.2 Å². The molecule has 1 fully saturated rings. The topological polar surface area (TPSA) is 46.0 Å². The molecule has 112 valence electrons. The first-order chi connectivity index (χ1) is 9.50. The maximum atomic E-state index is 12.8. The number of aromatic nitrogens is 3. The van der Waals surface area contributed by atoms with Crippen LogP contribution in [0.1, 0.15) is 25.0 Å². The second-order valence-corrected chi connectivity index (χ2v) is 5.45. The van der Waals surface area contributed by atoms with E-state index in [1.54, 1.807) is 0 Å². The molecule has 0 bridgehead atoms. The summed E-state index contributed by atoms with van der Waals surface area (Å²) in [6.45, 7) is 5.42. The van der Waals surface area contributed by atoms with Gasteiger partial charge < -0.3 is 9.88 Å². The van der Waals surface area contributed by atoms with Crippen LogP contribution in [0, 0.1) is 5.92 Å². The van der Waals surface area contributed by atoms with Crippen LogP contribution in [0.4, 0.5) is 13.2 Å². The Bertz CT molecular complexity index is 484. The normalized spacial score (nSPS) is 27.8. The van der Waals surface area contributed by atoms with E-state index in [-0.39, 0.29) is 0 Å². The van der Waals surface area contributed by atoms with E-state index in [9.17, 15) is 13.2 Å². The van der Waals surface area contributed by atoms with Gasteiger partial charge in [-0.15, -0.1) is 10.2 Å². The number of nitrogens with one attached hydrogen (secondary N) is 1. The number of hydrogen-bond donors (Lipinski definition) is 1. The summed E-state index contributed by atoms with van der Waals surface area (Å²) in [4.78, 5) is 2.23. The van der Waals surface area contributed by atoms with Gasteiger partial charge >= 0.3 is 6.18 Å². The predicted octanol–water partition coefficient (Wildman–Crippen LogP) is 1.11. The van der Waals surface area contributed by atoms with Gasteiger partial charge in [-0.05, 0) is 12.5 Å². The van der Waals surface area contributed by atoms with Crippen molar-refractivity contribution in [3.05, 3.63) is 11.6 Å². The predicted molar refractivity (Wildman–Crippen MR) is 65.9 cm³/mol. The number of hydrogen-bond acceptors (Lipinski definition) is 4. The van der Waals surface area contributed by atoms with E-state index in [0.29, 0.717) is 37.4 Å². The Balaban J connectivity index is 1.78. The highest BCUT2D eigenvalue weighted by molar-refractivity contribution is 5.03. The zero-order valence-corrected chi connectivity index (χ0v) is 11.3. The first kappa shape index (κ1) is 13.8. The molecule has 0 saturated carbocycles. The first-order valence-electron chi connectivity index (χ1n) is 6.94. The third kappa shape index (κ3) is 2.31. The maximum absolute atomic E-state index is 12.8. The fourth-order valence-corrected chi connectivity index (χ4v) is 3.23. The number of fused-ring (bicyclic) bond motifs is 1. The van der Waals surface area contributed by atoms with Gasteiger partial charge in [0.2, 0.25) is 5.82 Å². The Morgan fingerprint density at radius 1 is 1.25 bits per heavy atom. The maximum Gasteiger partial charge on any atom is 0.451 e. The molecule has 2 aliphatic rings. The second-order valence-electron chi connectivity index (χ2n) is 5.45. The van der Waals surface area contributed by atoms with Gasteiger partial charge in [-0.3, -0.25) is 4.90 Å². The van der Waals surface area contributed by atoms with Crippen LogP contribution < -0.4 is 5.32 Å². The van der Waals surface area contributed by atoms with Crippen LogP contribution in [0.5, 0.6) is 0 Å². The molecule has 1 N–H and O–H groups in total. The van der Waals surface area contributed by atoms with Crippen molar-refractivity contribution in [2.45, 2.75) is 38.7 Å². The fraction of sp³-hybridized carbons (Fsp3) is 0.833. The van der Waals surface area contributed by atoms with Gasteiger partial charge in [0.25, 0.3) is 0 Å². The molecule has 0 amide bonds. The van der Waals surface area contributed by atoms with Crippen LogP contribution in [-0.4, -0.2) is 45.3 Å². The molecule has 1 aromatic heterocycles. The van der Waals surface area contributed by atoms with Gasteiger partial charge in [0.15, 0.2) is 0 Å². The molecule has 2 unspecified atom stereocenters. The zero-order chi connectivity index (χ0) is 14.3. The average molecular weight is 289 g/mol. The molecule has 1 saturated heterocycles. The van der Waals surface area contributed by atoms with Gasteiger partial charge in [0.1, 0.15) is 5.82 Å². The van der Waals surface area contributed by atoms with Crippen LogP contribution in [-0.2, 0) is 19.3 Å². The van der Waals surface area contributed by atoms with Crippen LogP contribution in [0.25, 0.3) is 0 Å². The molecule has 3 rings (SSSR count). The van der Waals surface area contributed by atoms with Crippen molar-refractivity contribution in [3.63, 3.8) is 0 Å². The van der Waals surface area contributed by atoms with E-state index >= 15 is 0 Å². The van der Waals surface area contributed by atoms with Crippen molar-refractivity contribution in [1.29, 1.82) is 0 Å². The molecule has 3 heterocycles. The molecular formula is C12H18F3N5. The van der Waals surface area contributed by atoms with E-state index < -0.39 is 12.0 Å². The van der Waals surface area contributed by atoms with Gasteiger partial charge in [-0.1, -0.05) is 13.3 Å². The molecule has 8 heteroatoms. The highest BCUT2D eigenvalue weighted by Crippen LogP contribution is 2.30. The third-order valence-electron chi connectivity index (χ3n) is 4.33. The Morgan fingerprint density at radius 3 is 2.75 bits per heavy atom. The third-order valence-corrected chi connectivity index (χ3v) is 4.33. The number of nitrogens with zero attached hydrogens (tertiary/aromatic N) is 4. The molecule has 2 aliphatic heterocycles. The Hall–Kier alpha value is -1.15. The lowest BCUT2D eigenvalue weighted by Crippen LogP contribution is -2.45. The van der Waals surface area contributed by atoms with E-state index in [1.807, 2.05) is 0 Å². The molecule has 0 aliphatic carbocycles. The largest absolute Gasteiger partial charge is 0.451 e. The summed E-state index contributed by atoms with van der Waals surface area (Å²) in [5, 5.41) is 10.4. The smallest absolute Gasteiger partial charge is 0.315 e. The summed E-state index contributed by atoms with van der Waals surface area (Å²) < 4.78 is 39.5. The van der Waals surface area contributed by atoms with Crippen molar-refractivity contribution in [3.8, 4) is 0 Å². The quantitative estimate of drug-likeness (QED) is 0.886. The summed E-state index contributed by atoms with van der Waals surface area (Å²) in [6.07, 6.45) is -3.34. The summed E-state index contributed by atoms with van der Waals surface area (Å²) in [6, 6.07) is 0.389. The minimum Gasteiger partial charge on any atom is -0.315 e. The minimum absolute atomic E-state index is 0.310. The van der Waals surface area contributed by atoms with Crippen molar-refractivity contribution in [2.24, 2.45) is 5.92 Å². The average Bonchev–Trinajstić information content (AvgIpc) is 3.03. The van der Waals surface area contributed by atoms with Crippen LogP contribution >= 0.6 is 0 Å². The molecule has 0 radical (unpaired) electrons. The minimum atomic E-state index is -4.42. The lowest BCUT2D eigenvalue weighted by molar-refractivity contribution is -0.148. The molecular weight excluding hydrogens is 271 g/mol. The Morgan fingerprint density at radius 2 is 2.05 bits per heavy atom. The van der Waals surface area contributed by atoms with Crippen molar-refractivity contribution in [1.82, 2.24) is 25.0 Å². The van der Waals surface area contributed by atoms with E-state index in [4.69, 9.17) is 0 Å². The van der Waals surface area contributed by atoms with Gasteiger partial charge in [0, 0.05) is 25.7 Å². The second kappa shape index (κ2) is 5.00. The molecule has 2 atom stereocenters. The van der Waals surface area contributed by atoms with E-state index in [2.05, 4.69) is 27.3 Å². The fourth-order valence-electron chi connectivity index (χ4n) is 3.23.